The van der Waals surface area contributed by atoms with E-state index in [1.165, 1.54) is 24.1 Å². The minimum absolute atomic E-state index is 0.0170. The molecule has 0 spiro atoms. The Morgan fingerprint density at radius 1 is 1.05 bits per heavy atom. The maximum atomic E-state index is 14.2. The van der Waals surface area contributed by atoms with E-state index in [-0.39, 0.29) is 30.1 Å². The number of nitrogens with zero attached hydrogens (tertiary/aromatic N) is 3. The molecule has 0 fully saturated rings. The number of benzene rings is 3. The number of anilines is 1. The van der Waals surface area contributed by atoms with Crippen molar-refractivity contribution in [3.63, 3.8) is 0 Å². The van der Waals surface area contributed by atoms with E-state index >= 15 is 0 Å². The van der Waals surface area contributed by atoms with E-state index in [2.05, 4.69) is 5.32 Å². The Kier molecular flexibility index (Phi) is 11.9. The van der Waals surface area contributed by atoms with Gasteiger partial charge in [0.05, 0.1) is 18.3 Å². The Bertz CT molecular complexity index is 1540. The van der Waals surface area contributed by atoms with E-state index in [4.69, 9.17) is 16.3 Å². The van der Waals surface area contributed by atoms with E-state index in [9.17, 15) is 28.1 Å². The molecule has 1 atom stereocenters. The molecule has 3 rings (SSSR count). The second-order valence-corrected chi connectivity index (χ2v) is 12.2. The second kappa shape index (κ2) is 15.4. The fraction of sp³-hybridized carbons (Fsp3) is 0.333. The number of ether oxygens (including phenoxy) is 1. The number of nitro groups is 1. The van der Waals surface area contributed by atoms with Crippen LogP contribution >= 0.6 is 11.6 Å². The number of methoxy groups -OCH3 is 1. The molecule has 230 valence electrons. The van der Waals surface area contributed by atoms with Gasteiger partial charge in [0, 0.05) is 36.7 Å². The summed E-state index contributed by atoms with van der Waals surface area (Å²) in [5, 5.41) is 14.8. The molecule has 0 aliphatic heterocycles. The van der Waals surface area contributed by atoms with Crippen LogP contribution in [0.5, 0.6) is 5.75 Å². The molecular weight excluding hydrogens is 596 g/mol. The van der Waals surface area contributed by atoms with Gasteiger partial charge < -0.3 is 15.0 Å². The molecule has 0 saturated carbocycles. The van der Waals surface area contributed by atoms with Gasteiger partial charge in [0.25, 0.3) is 5.69 Å². The minimum atomic E-state index is -4.16. The number of unbranched alkanes of at least 4 members (excludes halogenated alkanes) is 1. The third kappa shape index (κ3) is 9.42. The van der Waals surface area contributed by atoms with Crippen molar-refractivity contribution < 1.29 is 27.7 Å². The SMILES string of the molecule is CCCCNC(=O)[C@@H](Cc1ccccc1)N(Cc1cccc(Cl)c1)C(=O)CN(c1cc([N+](=O)[O-])ccc1OC)S(C)(=O)=O. The predicted molar refractivity (Wildman–Crippen MR) is 166 cm³/mol. The monoisotopic (exact) mass is 630 g/mol. The van der Waals surface area contributed by atoms with Gasteiger partial charge in [-0.15, -0.1) is 0 Å². The molecular formula is C30H35ClN4O7S. The zero-order valence-electron chi connectivity index (χ0n) is 24.2. The maximum absolute atomic E-state index is 14.2. The van der Waals surface area contributed by atoms with Crippen LogP contribution in [-0.4, -0.2) is 62.6 Å². The third-order valence-corrected chi connectivity index (χ3v) is 8.03. The van der Waals surface area contributed by atoms with Gasteiger partial charge in [-0.2, -0.15) is 0 Å². The molecule has 13 heteroatoms. The molecule has 0 aliphatic carbocycles. The maximum Gasteiger partial charge on any atom is 0.271 e. The van der Waals surface area contributed by atoms with Crippen LogP contribution in [0.3, 0.4) is 0 Å². The molecule has 0 saturated heterocycles. The Labute approximate surface area is 256 Å². The van der Waals surface area contributed by atoms with E-state index in [0.29, 0.717) is 17.1 Å². The van der Waals surface area contributed by atoms with Crippen molar-refractivity contribution in [2.75, 3.05) is 30.8 Å². The van der Waals surface area contributed by atoms with Crippen molar-refractivity contribution in [3.8, 4) is 5.75 Å². The van der Waals surface area contributed by atoms with Gasteiger partial charge in [-0.1, -0.05) is 67.4 Å². The van der Waals surface area contributed by atoms with Gasteiger partial charge in [-0.3, -0.25) is 24.0 Å². The first kappa shape index (κ1) is 33.3. The molecule has 1 N–H and O–H groups in total. The zero-order chi connectivity index (χ0) is 31.6. The lowest BCUT2D eigenvalue weighted by atomic mass is 10.0. The lowest BCUT2D eigenvalue weighted by molar-refractivity contribution is -0.384. The van der Waals surface area contributed by atoms with Gasteiger partial charge in [-0.05, 0) is 35.7 Å². The van der Waals surface area contributed by atoms with Crippen LogP contribution in [-0.2, 0) is 32.6 Å². The van der Waals surface area contributed by atoms with E-state index in [0.717, 1.165) is 35.0 Å². The average molecular weight is 631 g/mol. The number of amides is 2. The van der Waals surface area contributed by atoms with Crippen molar-refractivity contribution in [2.45, 2.75) is 38.8 Å². The first-order chi connectivity index (χ1) is 20.4. The number of halogens is 1. The van der Waals surface area contributed by atoms with Crippen molar-refractivity contribution >= 4 is 44.8 Å². The number of nitrogens with one attached hydrogen (secondary N) is 1. The Morgan fingerprint density at radius 3 is 2.35 bits per heavy atom. The summed E-state index contributed by atoms with van der Waals surface area (Å²) in [7, 11) is -2.88. The fourth-order valence-electron chi connectivity index (χ4n) is 4.47. The summed E-state index contributed by atoms with van der Waals surface area (Å²) < 4.78 is 32.1. The standard InChI is InChI=1S/C30H35ClN4O7S/c1-4-5-16-32-30(37)27(18-22-10-7-6-8-11-22)33(20-23-12-9-13-24(31)17-23)29(36)21-34(43(3,40)41)26-19-25(35(38)39)14-15-28(26)42-2/h6-15,17,19,27H,4-5,16,18,20-21H2,1-3H3,(H,32,37)/t27-/m1/s1. The molecule has 3 aromatic carbocycles. The summed E-state index contributed by atoms with van der Waals surface area (Å²) in [4.78, 5) is 40.0. The van der Waals surface area contributed by atoms with Crippen LogP contribution in [0, 0.1) is 10.1 Å². The fourth-order valence-corrected chi connectivity index (χ4v) is 5.53. The molecule has 3 aromatic rings. The normalized spacial score (nSPS) is 11.8. The van der Waals surface area contributed by atoms with Gasteiger partial charge in [-0.25, -0.2) is 8.42 Å². The predicted octanol–water partition coefficient (Wildman–Crippen LogP) is 4.58. The number of sulfonamides is 1. The second-order valence-electron chi connectivity index (χ2n) is 9.88. The third-order valence-electron chi connectivity index (χ3n) is 6.66. The zero-order valence-corrected chi connectivity index (χ0v) is 25.8. The van der Waals surface area contributed by atoms with Crippen LogP contribution in [0.25, 0.3) is 0 Å². The number of rotatable bonds is 15. The molecule has 0 radical (unpaired) electrons. The minimum Gasteiger partial charge on any atom is -0.495 e. The number of nitro benzene ring substituents is 1. The van der Waals surface area contributed by atoms with Gasteiger partial charge in [0.15, 0.2) is 0 Å². The Balaban J connectivity index is 2.11. The van der Waals surface area contributed by atoms with Gasteiger partial charge >= 0.3 is 0 Å². The summed E-state index contributed by atoms with van der Waals surface area (Å²) in [6.07, 6.45) is 2.63. The molecule has 0 aromatic heterocycles. The van der Waals surface area contributed by atoms with Crippen molar-refractivity contribution in [1.29, 1.82) is 0 Å². The highest BCUT2D eigenvalue weighted by Crippen LogP contribution is 2.34. The molecule has 0 unspecified atom stereocenters. The summed E-state index contributed by atoms with van der Waals surface area (Å²) in [6, 6.07) is 18.4. The van der Waals surface area contributed by atoms with E-state index in [1.807, 2.05) is 37.3 Å². The lowest BCUT2D eigenvalue weighted by Crippen LogP contribution is -2.53. The number of non-ortho nitro benzene ring substituents is 1. The van der Waals surface area contributed by atoms with Crippen LogP contribution < -0.4 is 14.4 Å². The van der Waals surface area contributed by atoms with E-state index < -0.39 is 39.3 Å². The smallest absolute Gasteiger partial charge is 0.271 e. The average Bonchev–Trinajstić information content (AvgIpc) is 2.97. The summed E-state index contributed by atoms with van der Waals surface area (Å²) in [6.45, 7) is 1.59. The number of hydrogen-bond acceptors (Lipinski definition) is 7. The molecule has 0 heterocycles. The molecule has 2 amide bonds. The Morgan fingerprint density at radius 2 is 1.74 bits per heavy atom. The van der Waals surface area contributed by atoms with Crippen molar-refractivity contribution in [2.24, 2.45) is 0 Å². The highest BCUT2D eigenvalue weighted by Gasteiger charge is 2.34. The van der Waals surface area contributed by atoms with Crippen LogP contribution in [0.4, 0.5) is 11.4 Å². The summed E-state index contributed by atoms with van der Waals surface area (Å²) >= 11 is 6.22. The Hall–Kier alpha value is -4.16. The van der Waals surface area contributed by atoms with Crippen molar-refractivity contribution in [1.82, 2.24) is 10.2 Å². The number of hydrogen-bond donors (Lipinski definition) is 1. The summed E-state index contributed by atoms with van der Waals surface area (Å²) in [5.74, 6) is -1.08. The van der Waals surface area contributed by atoms with Crippen LogP contribution in [0.1, 0.15) is 30.9 Å². The summed E-state index contributed by atoms with van der Waals surface area (Å²) in [5.41, 5.74) is 0.855. The quantitative estimate of drug-likeness (QED) is 0.147. The molecule has 0 aliphatic rings. The van der Waals surface area contributed by atoms with Gasteiger partial charge in [0.2, 0.25) is 21.8 Å². The number of carbonyl (C=O) groups excluding carboxylic acids is 2. The highest BCUT2D eigenvalue weighted by atomic mass is 35.5. The molecule has 43 heavy (non-hydrogen) atoms. The first-order valence-corrected chi connectivity index (χ1v) is 15.8. The van der Waals surface area contributed by atoms with Crippen molar-refractivity contribution in [3.05, 3.63) is 99.1 Å². The molecule has 11 nitrogen and oxygen atoms in total. The van der Waals surface area contributed by atoms with Crippen LogP contribution in [0.2, 0.25) is 5.02 Å². The van der Waals surface area contributed by atoms with Crippen LogP contribution in [0.15, 0.2) is 72.8 Å². The van der Waals surface area contributed by atoms with E-state index in [1.54, 1.807) is 24.3 Å². The molecule has 0 bridgehead atoms. The number of carbonyl (C=O) groups is 2. The van der Waals surface area contributed by atoms with Gasteiger partial charge in [0.1, 0.15) is 24.0 Å². The largest absolute Gasteiger partial charge is 0.495 e. The highest BCUT2D eigenvalue weighted by molar-refractivity contribution is 7.92. The topological polar surface area (TPSA) is 139 Å². The first-order valence-electron chi connectivity index (χ1n) is 13.6. The lowest BCUT2D eigenvalue weighted by Gasteiger charge is -2.33.